The number of carbonyl (C=O) groups is 1. The summed E-state index contributed by atoms with van der Waals surface area (Å²) in [6, 6.07) is 0.878. The molecule has 0 aromatic rings. The second-order valence-corrected chi connectivity index (χ2v) is 3.90. The van der Waals surface area contributed by atoms with Crippen LogP contribution in [0.1, 0.15) is 27.2 Å². The van der Waals surface area contributed by atoms with E-state index in [1.54, 1.807) is 0 Å². The number of hydrogen-bond donors (Lipinski definition) is 1. The zero-order valence-corrected chi connectivity index (χ0v) is 9.00. The average molecular weight is 184 g/mol. The zero-order valence-electron chi connectivity index (χ0n) is 9.00. The maximum Gasteiger partial charge on any atom is 0.228 e. The van der Waals surface area contributed by atoms with Crippen LogP contribution in [0.5, 0.6) is 0 Å². The molecule has 13 heavy (non-hydrogen) atoms. The van der Waals surface area contributed by atoms with Crippen LogP contribution >= 0.6 is 0 Å². The van der Waals surface area contributed by atoms with Crippen molar-refractivity contribution in [3.8, 4) is 0 Å². The van der Waals surface area contributed by atoms with Crippen LogP contribution < -0.4 is 5.32 Å². The molecule has 1 rings (SSSR count). The standard InChI is InChI=1S/C10H20N2O/c1-5-12-8(3)9(10(12)13)6-7(2)11-4/h7-9,11H,5-6H2,1-4H3/t7?,8-,9-/m0/s1. The summed E-state index contributed by atoms with van der Waals surface area (Å²) in [5.41, 5.74) is 0. The van der Waals surface area contributed by atoms with Gasteiger partial charge in [-0.1, -0.05) is 0 Å². The summed E-state index contributed by atoms with van der Waals surface area (Å²) in [6.07, 6.45) is 0.965. The predicted octanol–water partition coefficient (Wildman–Crippen LogP) is 0.851. The van der Waals surface area contributed by atoms with Crippen molar-refractivity contribution in [3.05, 3.63) is 0 Å². The summed E-state index contributed by atoms with van der Waals surface area (Å²) in [5, 5.41) is 3.17. The van der Waals surface area contributed by atoms with Gasteiger partial charge in [0.25, 0.3) is 0 Å². The van der Waals surface area contributed by atoms with Crippen LogP contribution in [0, 0.1) is 5.92 Å². The molecule has 0 radical (unpaired) electrons. The van der Waals surface area contributed by atoms with Crippen molar-refractivity contribution < 1.29 is 4.79 Å². The van der Waals surface area contributed by atoms with E-state index in [9.17, 15) is 4.79 Å². The first-order chi connectivity index (χ1) is 6.11. The van der Waals surface area contributed by atoms with Crippen molar-refractivity contribution in [2.45, 2.75) is 39.3 Å². The number of hydrogen-bond acceptors (Lipinski definition) is 2. The lowest BCUT2D eigenvalue weighted by molar-refractivity contribution is -0.155. The van der Waals surface area contributed by atoms with Gasteiger partial charge in [-0.2, -0.15) is 0 Å². The van der Waals surface area contributed by atoms with E-state index in [2.05, 4.69) is 19.2 Å². The summed E-state index contributed by atoms with van der Waals surface area (Å²) in [7, 11) is 1.94. The Balaban J connectivity index is 2.42. The van der Waals surface area contributed by atoms with E-state index in [4.69, 9.17) is 0 Å². The molecule has 76 valence electrons. The number of β-lactam (4-membered cyclic amide) rings is 1. The molecule has 0 spiro atoms. The molecular weight excluding hydrogens is 164 g/mol. The van der Waals surface area contributed by atoms with Gasteiger partial charge in [-0.15, -0.1) is 0 Å². The van der Waals surface area contributed by atoms with Gasteiger partial charge in [0.05, 0.1) is 5.92 Å². The van der Waals surface area contributed by atoms with Gasteiger partial charge in [0.2, 0.25) is 5.91 Å². The van der Waals surface area contributed by atoms with Crippen molar-refractivity contribution >= 4 is 5.91 Å². The normalized spacial score (nSPS) is 30.2. The Morgan fingerprint density at radius 2 is 2.23 bits per heavy atom. The maximum absolute atomic E-state index is 11.6. The van der Waals surface area contributed by atoms with Crippen molar-refractivity contribution in [1.29, 1.82) is 0 Å². The predicted molar refractivity (Wildman–Crippen MR) is 53.5 cm³/mol. The minimum absolute atomic E-state index is 0.252. The maximum atomic E-state index is 11.6. The van der Waals surface area contributed by atoms with E-state index in [1.165, 1.54) is 0 Å². The monoisotopic (exact) mass is 184 g/mol. The molecule has 3 nitrogen and oxygen atoms in total. The number of likely N-dealkylation sites (tertiary alicyclic amines) is 1. The van der Waals surface area contributed by atoms with Gasteiger partial charge >= 0.3 is 0 Å². The van der Waals surface area contributed by atoms with Crippen LogP contribution in [0.3, 0.4) is 0 Å². The molecule has 1 aliphatic rings. The van der Waals surface area contributed by atoms with Gasteiger partial charge in [0.1, 0.15) is 0 Å². The van der Waals surface area contributed by atoms with Gasteiger partial charge in [-0.25, -0.2) is 0 Å². The molecule has 0 aromatic carbocycles. The van der Waals surface area contributed by atoms with E-state index in [1.807, 2.05) is 18.9 Å². The Bertz CT molecular complexity index is 193. The van der Waals surface area contributed by atoms with E-state index in [0.29, 0.717) is 18.0 Å². The number of nitrogens with one attached hydrogen (secondary N) is 1. The largest absolute Gasteiger partial charge is 0.339 e. The summed E-state index contributed by atoms with van der Waals surface area (Å²) < 4.78 is 0. The summed E-state index contributed by atoms with van der Waals surface area (Å²) in [5.74, 6) is 0.583. The van der Waals surface area contributed by atoms with Gasteiger partial charge < -0.3 is 10.2 Å². The molecule has 1 amide bonds. The van der Waals surface area contributed by atoms with Gasteiger partial charge in [0.15, 0.2) is 0 Å². The van der Waals surface area contributed by atoms with E-state index >= 15 is 0 Å². The first kappa shape index (κ1) is 10.5. The van der Waals surface area contributed by atoms with Crippen molar-refractivity contribution in [1.82, 2.24) is 10.2 Å². The molecule has 3 heteroatoms. The highest BCUT2D eigenvalue weighted by Gasteiger charge is 2.43. The third-order valence-corrected chi connectivity index (χ3v) is 3.12. The molecule has 0 saturated carbocycles. The highest BCUT2D eigenvalue weighted by atomic mass is 16.2. The highest BCUT2D eigenvalue weighted by Crippen LogP contribution is 2.29. The molecule has 0 aliphatic carbocycles. The molecule has 1 saturated heterocycles. The topological polar surface area (TPSA) is 32.3 Å². The molecule has 0 bridgehead atoms. The minimum Gasteiger partial charge on any atom is -0.339 e. The molecule has 3 atom stereocenters. The first-order valence-electron chi connectivity index (χ1n) is 5.09. The lowest BCUT2D eigenvalue weighted by Gasteiger charge is -2.46. The molecule has 1 aliphatic heterocycles. The van der Waals surface area contributed by atoms with Gasteiger partial charge in [-0.3, -0.25) is 4.79 Å². The number of carbonyl (C=O) groups excluding carboxylic acids is 1. The van der Waals surface area contributed by atoms with Gasteiger partial charge in [0, 0.05) is 18.6 Å². The fourth-order valence-corrected chi connectivity index (χ4v) is 2.00. The zero-order chi connectivity index (χ0) is 10.0. The van der Waals surface area contributed by atoms with Crippen LogP contribution in [0.4, 0.5) is 0 Å². The highest BCUT2D eigenvalue weighted by molar-refractivity contribution is 5.85. The summed E-state index contributed by atoms with van der Waals surface area (Å²) in [4.78, 5) is 13.5. The van der Waals surface area contributed by atoms with Crippen LogP contribution in [0.2, 0.25) is 0 Å². The van der Waals surface area contributed by atoms with Crippen LogP contribution in [-0.2, 0) is 4.79 Å². The lowest BCUT2D eigenvalue weighted by Crippen LogP contribution is -2.60. The van der Waals surface area contributed by atoms with Crippen molar-refractivity contribution in [2.75, 3.05) is 13.6 Å². The lowest BCUT2D eigenvalue weighted by atomic mass is 9.84. The first-order valence-corrected chi connectivity index (χ1v) is 5.09. The van der Waals surface area contributed by atoms with Crippen LogP contribution in [0.25, 0.3) is 0 Å². The number of rotatable bonds is 4. The van der Waals surface area contributed by atoms with Crippen molar-refractivity contribution in [2.24, 2.45) is 5.92 Å². The molecule has 1 fully saturated rings. The average Bonchev–Trinajstić information content (AvgIpc) is 2.14. The quantitative estimate of drug-likeness (QED) is 0.657. The number of nitrogens with zero attached hydrogens (tertiary/aromatic N) is 1. The van der Waals surface area contributed by atoms with E-state index in [-0.39, 0.29) is 5.92 Å². The van der Waals surface area contributed by atoms with Crippen molar-refractivity contribution in [3.63, 3.8) is 0 Å². The van der Waals surface area contributed by atoms with Gasteiger partial charge in [-0.05, 0) is 34.2 Å². The Morgan fingerprint density at radius 3 is 2.62 bits per heavy atom. The second kappa shape index (κ2) is 4.09. The molecule has 1 N–H and O–H groups in total. The third-order valence-electron chi connectivity index (χ3n) is 3.12. The smallest absolute Gasteiger partial charge is 0.228 e. The van der Waals surface area contributed by atoms with E-state index < -0.39 is 0 Å². The van der Waals surface area contributed by atoms with E-state index in [0.717, 1.165) is 13.0 Å². The molecule has 1 heterocycles. The van der Waals surface area contributed by atoms with Crippen LogP contribution in [0.15, 0.2) is 0 Å². The Hall–Kier alpha value is -0.570. The Labute approximate surface area is 80.5 Å². The molecule has 1 unspecified atom stereocenters. The fraction of sp³-hybridized carbons (Fsp3) is 0.900. The van der Waals surface area contributed by atoms with Crippen LogP contribution in [-0.4, -0.2) is 36.5 Å². The SMILES string of the molecule is CCN1C(=O)[C@@H](CC(C)NC)[C@@H]1C. The summed E-state index contributed by atoms with van der Waals surface area (Å²) >= 11 is 0. The number of amides is 1. The second-order valence-electron chi connectivity index (χ2n) is 3.90. The summed E-state index contributed by atoms with van der Waals surface area (Å²) in [6.45, 7) is 7.14. The Kier molecular flexibility index (Phi) is 3.31. The molecular formula is C10H20N2O. The fourth-order valence-electron chi connectivity index (χ4n) is 2.00. The Morgan fingerprint density at radius 1 is 1.62 bits per heavy atom. The minimum atomic E-state index is 0.252. The third kappa shape index (κ3) is 1.85. The molecule has 0 aromatic heterocycles.